The summed E-state index contributed by atoms with van der Waals surface area (Å²) in [4.78, 5) is 35.3. The van der Waals surface area contributed by atoms with Crippen LogP contribution in [-0.2, 0) is 11.3 Å². The zero-order chi connectivity index (χ0) is 25.5. The molecule has 0 saturated heterocycles. The van der Waals surface area contributed by atoms with Gasteiger partial charge in [0.2, 0.25) is 11.7 Å². The third-order valence-corrected chi connectivity index (χ3v) is 5.35. The summed E-state index contributed by atoms with van der Waals surface area (Å²) in [6.07, 6.45) is 4.77. The maximum Gasteiger partial charge on any atom is 0.227 e. The van der Waals surface area contributed by atoms with Crippen molar-refractivity contribution in [2.75, 3.05) is 26.6 Å². The molecule has 4 aromatic rings. The first-order chi connectivity index (χ1) is 16.8. The quantitative estimate of drug-likeness (QED) is 0.230. The van der Waals surface area contributed by atoms with Crippen LogP contribution in [0.4, 0.5) is 10.1 Å². The highest BCUT2D eigenvalue weighted by Gasteiger charge is 2.22. The van der Waals surface area contributed by atoms with Gasteiger partial charge in [-0.05, 0) is 25.1 Å². The Morgan fingerprint density at radius 2 is 1.94 bits per heavy atom. The van der Waals surface area contributed by atoms with Crippen LogP contribution in [0.15, 0.2) is 42.9 Å². The Labute approximate surface area is 205 Å². The molecule has 0 aliphatic heterocycles. The van der Waals surface area contributed by atoms with Crippen molar-refractivity contribution in [3.8, 4) is 11.6 Å². The molecule has 4 heterocycles. The first-order valence-electron chi connectivity index (χ1n) is 10.3. The van der Waals surface area contributed by atoms with Crippen molar-refractivity contribution in [1.29, 1.82) is 0 Å². The number of carbonyl (C=O) groups is 2. The maximum absolute atomic E-state index is 14.1. The van der Waals surface area contributed by atoms with Gasteiger partial charge in [-0.25, -0.2) is 14.4 Å². The summed E-state index contributed by atoms with van der Waals surface area (Å²) < 4.78 is 25.8. The fourth-order valence-corrected chi connectivity index (χ4v) is 3.53. The maximum atomic E-state index is 14.1. The van der Waals surface area contributed by atoms with E-state index < -0.39 is 11.6 Å². The van der Waals surface area contributed by atoms with Crippen LogP contribution in [0.5, 0.6) is 11.6 Å². The average Bonchev–Trinajstić information content (AvgIpc) is 3.15. The Kier molecular flexibility index (Phi) is 8.32. The molecule has 1 N–H and O–H groups in total. The van der Waals surface area contributed by atoms with Crippen LogP contribution in [0.1, 0.15) is 21.7 Å². The van der Waals surface area contributed by atoms with Gasteiger partial charge in [0.15, 0.2) is 6.29 Å². The second-order valence-corrected chi connectivity index (χ2v) is 7.63. The zero-order valence-electron chi connectivity index (χ0n) is 19.5. The van der Waals surface area contributed by atoms with Gasteiger partial charge < -0.3 is 19.4 Å². The first kappa shape index (κ1) is 25.6. The predicted octanol–water partition coefficient (Wildman–Crippen LogP) is 4.10. The normalized spacial score (nSPS) is 10.3. The number of pyridine rings is 3. The summed E-state index contributed by atoms with van der Waals surface area (Å²) in [6, 6.07) is 6.50. The molecule has 11 heteroatoms. The molecule has 0 atom stereocenters. The van der Waals surface area contributed by atoms with Gasteiger partial charge in [-0.2, -0.15) is 0 Å². The van der Waals surface area contributed by atoms with E-state index in [2.05, 4.69) is 20.3 Å². The van der Waals surface area contributed by atoms with E-state index in [1.807, 2.05) is 19.2 Å². The highest BCUT2D eigenvalue weighted by Crippen LogP contribution is 2.29. The molecule has 0 aliphatic carbocycles. The second-order valence-electron chi connectivity index (χ2n) is 7.19. The number of hydrogen-bond acceptors (Lipinski definition) is 8. The van der Waals surface area contributed by atoms with E-state index in [-0.39, 0.29) is 29.1 Å². The van der Waals surface area contributed by atoms with E-state index in [9.17, 15) is 14.0 Å². The molecule has 4 rings (SSSR count). The molecule has 0 saturated carbocycles. The van der Waals surface area contributed by atoms with Crippen molar-refractivity contribution in [2.45, 2.75) is 13.5 Å². The lowest BCUT2D eigenvalue weighted by Crippen LogP contribution is -2.08. The third kappa shape index (κ3) is 5.72. The van der Waals surface area contributed by atoms with Gasteiger partial charge in [0.1, 0.15) is 17.2 Å². The number of nitrogens with zero attached hydrogens (tertiary/aromatic N) is 4. The summed E-state index contributed by atoms with van der Waals surface area (Å²) in [6.45, 7) is 1.70. The summed E-state index contributed by atoms with van der Waals surface area (Å²) in [7, 11) is 4.93. The molecule has 4 aromatic heterocycles. The molecular formula is C24H23ClFN5O4. The number of halogens is 2. The number of methoxy groups -OCH3 is 2. The standard InChI is InChI=1S/C17H13ClFN3O3.C7H10N2O/c1-9-16(15(24)8-23)12-4-11(25-2)6-21-17(12)22(9)7-14-13(19)3-10(18)5-20-14;1-8-6-3-4-9-7(5-6)10-2/h3-6,8H,7H2,1-2H3;3-5H,1-2H3,(H,8,9). The van der Waals surface area contributed by atoms with Crippen LogP contribution in [-0.4, -0.2) is 52.9 Å². The molecule has 0 radical (unpaired) electrons. The Hall–Kier alpha value is -4.05. The van der Waals surface area contributed by atoms with Crippen LogP contribution in [0.2, 0.25) is 5.02 Å². The summed E-state index contributed by atoms with van der Waals surface area (Å²) >= 11 is 5.73. The average molecular weight is 500 g/mol. The molecule has 0 amide bonds. The van der Waals surface area contributed by atoms with Gasteiger partial charge >= 0.3 is 0 Å². The van der Waals surface area contributed by atoms with Crippen molar-refractivity contribution in [3.63, 3.8) is 0 Å². The molecule has 35 heavy (non-hydrogen) atoms. The number of carbonyl (C=O) groups excluding carboxylic acids is 2. The van der Waals surface area contributed by atoms with Gasteiger partial charge in [0, 0.05) is 42.3 Å². The molecule has 0 aromatic carbocycles. The lowest BCUT2D eigenvalue weighted by atomic mass is 10.1. The number of rotatable bonds is 7. The van der Waals surface area contributed by atoms with E-state index in [4.69, 9.17) is 21.1 Å². The second kappa shape index (κ2) is 11.4. The smallest absolute Gasteiger partial charge is 0.227 e. The highest BCUT2D eigenvalue weighted by molar-refractivity contribution is 6.36. The van der Waals surface area contributed by atoms with Crippen molar-refractivity contribution >= 4 is 40.4 Å². The number of Topliss-reactive ketones (excluding diaryl/α,β-unsaturated/α-hetero) is 1. The van der Waals surface area contributed by atoms with Crippen LogP contribution < -0.4 is 14.8 Å². The fraction of sp³-hybridized carbons (Fsp3) is 0.208. The lowest BCUT2D eigenvalue weighted by Gasteiger charge is -2.08. The monoisotopic (exact) mass is 499 g/mol. The van der Waals surface area contributed by atoms with Crippen molar-refractivity contribution in [2.24, 2.45) is 0 Å². The van der Waals surface area contributed by atoms with Gasteiger partial charge in [-0.15, -0.1) is 0 Å². The van der Waals surface area contributed by atoms with Crippen molar-refractivity contribution in [1.82, 2.24) is 19.5 Å². The summed E-state index contributed by atoms with van der Waals surface area (Å²) in [5, 5.41) is 3.63. The Morgan fingerprint density at radius 1 is 1.17 bits per heavy atom. The molecule has 0 fully saturated rings. The molecule has 0 spiro atoms. The van der Waals surface area contributed by atoms with Crippen LogP contribution in [0.25, 0.3) is 11.0 Å². The first-order valence-corrected chi connectivity index (χ1v) is 10.7. The number of fused-ring (bicyclic) bond motifs is 1. The third-order valence-electron chi connectivity index (χ3n) is 5.15. The van der Waals surface area contributed by atoms with E-state index in [0.29, 0.717) is 28.4 Å². The minimum absolute atomic E-state index is 0.0385. The van der Waals surface area contributed by atoms with E-state index in [1.54, 1.807) is 30.9 Å². The number of aldehydes is 1. The molecule has 0 bridgehead atoms. The van der Waals surface area contributed by atoms with Gasteiger partial charge in [-0.3, -0.25) is 14.6 Å². The van der Waals surface area contributed by atoms with Gasteiger partial charge in [0.25, 0.3) is 0 Å². The SMILES string of the molecule is CNc1ccnc(OC)c1.COc1cnc2c(c1)c(C(=O)C=O)c(C)n2Cc1ncc(Cl)cc1F. The van der Waals surface area contributed by atoms with Crippen LogP contribution >= 0.6 is 11.6 Å². The molecule has 0 unspecified atom stereocenters. The van der Waals surface area contributed by atoms with E-state index in [0.717, 1.165) is 5.69 Å². The number of anilines is 1. The van der Waals surface area contributed by atoms with Crippen molar-refractivity contribution in [3.05, 3.63) is 70.6 Å². The number of ketones is 1. The van der Waals surface area contributed by atoms with E-state index >= 15 is 0 Å². The molecular weight excluding hydrogens is 477 g/mol. The van der Waals surface area contributed by atoms with Crippen LogP contribution in [0, 0.1) is 12.7 Å². The Morgan fingerprint density at radius 3 is 2.57 bits per heavy atom. The summed E-state index contributed by atoms with van der Waals surface area (Å²) in [5.74, 6) is -0.168. The molecule has 0 aliphatic rings. The molecule has 9 nitrogen and oxygen atoms in total. The Bertz CT molecular complexity index is 1360. The topological polar surface area (TPSA) is 108 Å². The zero-order valence-corrected chi connectivity index (χ0v) is 20.3. The van der Waals surface area contributed by atoms with Crippen molar-refractivity contribution < 1.29 is 23.5 Å². The minimum Gasteiger partial charge on any atom is -0.495 e. The highest BCUT2D eigenvalue weighted by atomic mass is 35.5. The van der Waals surface area contributed by atoms with Gasteiger partial charge in [-0.1, -0.05) is 11.6 Å². The number of hydrogen-bond donors (Lipinski definition) is 1. The number of ether oxygens (including phenoxy) is 2. The predicted molar refractivity (Wildman–Crippen MR) is 130 cm³/mol. The van der Waals surface area contributed by atoms with Gasteiger partial charge in [0.05, 0.1) is 43.2 Å². The number of nitrogens with one attached hydrogen (secondary N) is 1. The van der Waals surface area contributed by atoms with E-state index in [1.165, 1.54) is 25.6 Å². The molecule has 182 valence electrons. The Balaban J connectivity index is 0.000000287. The largest absolute Gasteiger partial charge is 0.495 e. The summed E-state index contributed by atoms with van der Waals surface area (Å²) in [5.41, 5.74) is 2.29. The lowest BCUT2D eigenvalue weighted by molar-refractivity contribution is -0.104. The van der Waals surface area contributed by atoms with Crippen LogP contribution in [0.3, 0.4) is 0 Å². The fourth-order valence-electron chi connectivity index (χ4n) is 3.39. The number of aromatic nitrogens is 4. The minimum atomic E-state index is -0.680.